The fourth-order valence-electron chi connectivity index (χ4n) is 1.91. The maximum atomic E-state index is 11.5. The molecule has 0 saturated heterocycles. The van der Waals surface area contributed by atoms with Crippen LogP contribution in [-0.2, 0) is 0 Å². The van der Waals surface area contributed by atoms with Crippen LogP contribution in [0.1, 0.15) is 25.7 Å². The summed E-state index contributed by atoms with van der Waals surface area (Å²) in [5, 5.41) is 5.87. The summed E-state index contributed by atoms with van der Waals surface area (Å²) in [6.07, 6.45) is 5.14. The van der Waals surface area contributed by atoms with Crippen LogP contribution in [0.3, 0.4) is 0 Å². The third kappa shape index (κ3) is 3.52. The highest BCUT2D eigenvalue weighted by Gasteiger charge is 2.42. The van der Waals surface area contributed by atoms with Crippen LogP contribution in [0.15, 0.2) is 11.1 Å². The molecule has 2 aliphatic carbocycles. The Morgan fingerprint density at radius 3 is 2.27 bits per heavy atom. The van der Waals surface area contributed by atoms with Crippen LogP contribution in [0.25, 0.3) is 0 Å². The zero-order valence-electron chi connectivity index (χ0n) is 8.76. The Bertz CT molecular complexity index is 260. The number of urea groups is 1. The number of carbonyl (C=O) groups is 1. The van der Waals surface area contributed by atoms with Gasteiger partial charge in [0, 0.05) is 10.5 Å². The molecule has 0 bridgehead atoms. The second-order valence-corrected chi connectivity index (χ2v) is 5.67. The monoisotopic (exact) mass is 272 g/mol. The number of nitrogens with one attached hydrogen (secondary N) is 2. The van der Waals surface area contributed by atoms with Crippen molar-refractivity contribution >= 4 is 22.0 Å². The molecule has 15 heavy (non-hydrogen) atoms. The molecule has 3 nitrogen and oxygen atoms in total. The van der Waals surface area contributed by atoms with Gasteiger partial charge in [-0.15, -0.1) is 0 Å². The van der Waals surface area contributed by atoms with Gasteiger partial charge < -0.3 is 10.6 Å². The second-order valence-electron chi connectivity index (χ2n) is 4.54. The standard InChI is InChI=1S/C11H17BrN2O/c1-7(12)6-13-11(15)14-10(8-2-3-8)9-4-5-9/h8-10H,1-6H2,(H2,13,14,15). The van der Waals surface area contributed by atoms with Crippen LogP contribution in [0.4, 0.5) is 4.79 Å². The van der Waals surface area contributed by atoms with Crippen LogP contribution in [0.5, 0.6) is 0 Å². The topological polar surface area (TPSA) is 41.1 Å². The minimum absolute atomic E-state index is 0.0561. The molecule has 0 aliphatic heterocycles. The normalized spacial score (nSPS) is 20.1. The zero-order valence-corrected chi connectivity index (χ0v) is 10.3. The molecule has 2 N–H and O–H groups in total. The van der Waals surface area contributed by atoms with Gasteiger partial charge in [-0.2, -0.15) is 0 Å². The van der Waals surface area contributed by atoms with Crippen LogP contribution in [0, 0.1) is 11.8 Å². The van der Waals surface area contributed by atoms with Crippen LogP contribution >= 0.6 is 15.9 Å². The second kappa shape index (κ2) is 4.56. The van der Waals surface area contributed by atoms with E-state index in [0.29, 0.717) is 12.6 Å². The number of hydrogen-bond donors (Lipinski definition) is 2. The molecule has 0 aromatic carbocycles. The van der Waals surface area contributed by atoms with Crippen molar-refractivity contribution in [1.82, 2.24) is 10.6 Å². The smallest absolute Gasteiger partial charge is 0.315 e. The molecule has 0 aromatic heterocycles. The van der Waals surface area contributed by atoms with Crippen molar-refractivity contribution in [2.24, 2.45) is 11.8 Å². The average Bonchev–Trinajstić information content (AvgIpc) is 3.02. The van der Waals surface area contributed by atoms with Crippen molar-refractivity contribution in [2.75, 3.05) is 6.54 Å². The van der Waals surface area contributed by atoms with Crippen molar-refractivity contribution in [1.29, 1.82) is 0 Å². The zero-order chi connectivity index (χ0) is 10.8. The predicted octanol–water partition coefficient (Wildman–Crippen LogP) is 2.38. The lowest BCUT2D eigenvalue weighted by Gasteiger charge is -2.17. The van der Waals surface area contributed by atoms with Crippen molar-refractivity contribution in [3.05, 3.63) is 11.1 Å². The Kier molecular flexibility index (Phi) is 3.34. The Morgan fingerprint density at radius 1 is 1.33 bits per heavy atom. The highest BCUT2D eigenvalue weighted by molar-refractivity contribution is 9.11. The molecular formula is C11H17BrN2O. The molecule has 0 radical (unpaired) electrons. The third-order valence-electron chi connectivity index (χ3n) is 3.00. The SMILES string of the molecule is C=C(Br)CNC(=O)NC(C1CC1)C1CC1. The lowest BCUT2D eigenvalue weighted by Crippen LogP contribution is -2.44. The maximum Gasteiger partial charge on any atom is 0.315 e. The average molecular weight is 273 g/mol. The first-order valence-electron chi connectivity index (χ1n) is 5.54. The van der Waals surface area contributed by atoms with Crippen molar-refractivity contribution in [2.45, 2.75) is 31.7 Å². The van der Waals surface area contributed by atoms with Gasteiger partial charge >= 0.3 is 6.03 Å². The van der Waals surface area contributed by atoms with E-state index < -0.39 is 0 Å². The highest BCUT2D eigenvalue weighted by Crippen LogP contribution is 2.44. The van der Waals surface area contributed by atoms with Crippen LogP contribution in [-0.4, -0.2) is 18.6 Å². The first-order valence-corrected chi connectivity index (χ1v) is 6.34. The number of halogens is 1. The molecule has 0 atom stereocenters. The molecule has 0 aromatic rings. The summed E-state index contributed by atoms with van der Waals surface area (Å²) in [4.78, 5) is 11.5. The molecule has 2 aliphatic rings. The molecule has 84 valence electrons. The Balaban J connectivity index is 1.73. The minimum atomic E-state index is -0.0561. The minimum Gasteiger partial charge on any atom is -0.335 e. The van der Waals surface area contributed by atoms with E-state index in [4.69, 9.17) is 0 Å². The summed E-state index contributed by atoms with van der Waals surface area (Å²) in [6, 6.07) is 0.369. The van der Waals surface area contributed by atoms with Crippen LogP contribution < -0.4 is 10.6 Å². The molecule has 2 rings (SSSR count). The third-order valence-corrected chi connectivity index (χ3v) is 3.28. The summed E-state index contributed by atoms with van der Waals surface area (Å²) in [5.74, 6) is 1.49. The lowest BCUT2D eigenvalue weighted by atomic mass is 10.1. The summed E-state index contributed by atoms with van der Waals surface area (Å²) >= 11 is 3.21. The largest absolute Gasteiger partial charge is 0.335 e. The van der Waals surface area contributed by atoms with E-state index in [0.717, 1.165) is 16.3 Å². The molecular weight excluding hydrogens is 256 g/mol. The molecule has 0 unspecified atom stereocenters. The van der Waals surface area contributed by atoms with E-state index in [-0.39, 0.29) is 6.03 Å². The fourth-order valence-corrected chi connectivity index (χ4v) is 2.05. The van der Waals surface area contributed by atoms with Gasteiger partial charge in [-0.3, -0.25) is 0 Å². The van der Waals surface area contributed by atoms with E-state index in [1.54, 1.807) is 0 Å². The summed E-state index contributed by atoms with van der Waals surface area (Å²) in [7, 11) is 0. The van der Waals surface area contributed by atoms with Gasteiger partial charge in [0.2, 0.25) is 0 Å². The highest BCUT2D eigenvalue weighted by atomic mass is 79.9. The van der Waals surface area contributed by atoms with E-state index in [9.17, 15) is 4.79 Å². The molecule has 2 amide bonds. The summed E-state index contributed by atoms with van der Waals surface area (Å²) in [5.41, 5.74) is 0. The molecule has 2 fully saturated rings. The molecule has 2 saturated carbocycles. The molecule has 0 heterocycles. The maximum absolute atomic E-state index is 11.5. The number of carbonyl (C=O) groups excluding carboxylic acids is 1. The lowest BCUT2D eigenvalue weighted by molar-refractivity contribution is 0.234. The summed E-state index contributed by atoms with van der Waals surface area (Å²) < 4.78 is 0.798. The van der Waals surface area contributed by atoms with Gasteiger partial charge in [-0.1, -0.05) is 22.5 Å². The van der Waals surface area contributed by atoms with E-state index >= 15 is 0 Å². The van der Waals surface area contributed by atoms with Gasteiger partial charge in [-0.05, 0) is 37.5 Å². The molecule has 0 spiro atoms. The van der Waals surface area contributed by atoms with Crippen molar-refractivity contribution in [3.63, 3.8) is 0 Å². The van der Waals surface area contributed by atoms with Crippen molar-refractivity contribution < 1.29 is 4.79 Å². The Morgan fingerprint density at radius 2 is 1.87 bits per heavy atom. The molecule has 4 heteroatoms. The van der Waals surface area contributed by atoms with E-state index in [2.05, 4.69) is 33.1 Å². The fraction of sp³-hybridized carbons (Fsp3) is 0.727. The van der Waals surface area contributed by atoms with E-state index in [1.807, 2.05) is 0 Å². The van der Waals surface area contributed by atoms with Crippen molar-refractivity contribution in [3.8, 4) is 0 Å². The number of rotatable bonds is 5. The number of amides is 2. The van der Waals surface area contributed by atoms with E-state index in [1.165, 1.54) is 25.7 Å². The predicted molar refractivity (Wildman–Crippen MR) is 63.8 cm³/mol. The van der Waals surface area contributed by atoms with Crippen LogP contribution in [0.2, 0.25) is 0 Å². The summed E-state index contributed by atoms with van der Waals surface area (Å²) in [6.45, 7) is 4.17. The van der Waals surface area contributed by atoms with Gasteiger partial charge in [0.15, 0.2) is 0 Å². The van der Waals surface area contributed by atoms with Gasteiger partial charge in [0.1, 0.15) is 0 Å². The van der Waals surface area contributed by atoms with Gasteiger partial charge in [0.05, 0.1) is 6.54 Å². The number of hydrogen-bond acceptors (Lipinski definition) is 1. The quantitative estimate of drug-likeness (QED) is 0.793. The van der Waals surface area contributed by atoms with Gasteiger partial charge in [0.25, 0.3) is 0 Å². The van der Waals surface area contributed by atoms with Gasteiger partial charge in [-0.25, -0.2) is 4.79 Å². The first kappa shape index (κ1) is 11.0. The Labute approximate surface area is 98.8 Å². The Hall–Kier alpha value is -0.510. The first-order chi connectivity index (χ1) is 7.16.